The van der Waals surface area contributed by atoms with Crippen LogP contribution in [0.2, 0.25) is 0 Å². The maximum atomic E-state index is 12.4. The van der Waals surface area contributed by atoms with Gasteiger partial charge in [-0.15, -0.1) is 0 Å². The van der Waals surface area contributed by atoms with E-state index in [1.165, 1.54) is 141 Å². The molecule has 0 aromatic rings. The van der Waals surface area contributed by atoms with Crippen LogP contribution in [-0.4, -0.2) is 46.1 Å². The van der Waals surface area contributed by atoms with Crippen LogP contribution in [0.25, 0.3) is 0 Å². The lowest BCUT2D eigenvalue weighted by Crippen LogP contribution is -2.46. The highest BCUT2D eigenvalue weighted by atomic mass is 16.3. The number of hydrogen-bond acceptors (Lipinski definition) is 4. The summed E-state index contributed by atoms with van der Waals surface area (Å²) in [4.78, 5) is 12.4. The molecule has 0 rings (SSSR count). The molecule has 41 heavy (non-hydrogen) atoms. The van der Waals surface area contributed by atoms with Crippen LogP contribution >= 0.6 is 0 Å². The van der Waals surface area contributed by atoms with E-state index in [4.69, 9.17) is 0 Å². The summed E-state index contributed by atoms with van der Waals surface area (Å²) < 4.78 is 0. The quantitative estimate of drug-likeness (QED) is 0.0579. The number of amides is 1. The third-order valence-corrected chi connectivity index (χ3v) is 8.67. The van der Waals surface area contributed by atoms with E-state index in [1.54, 1.807) is 0 Å². The summed E-state index contributed by atoms with van der Waals surface area (Å²) in [5.41, 5.74) is 0. The Morgan fingerprint density at radius 2 is 0.829 bits per heavy atom. The summed E-state index contributed by atoms with van der Waals surface area (Å²) in [6.45, 7) is 4.25. The zero-order valence-corrected chi connectivity index (χ0v) is 27.7. The van der Waals surface area contributed by atoms with Gasteiger partial charge in [-0.05, 0) is 12.8 Å². The normalized spacial score (nSPS) is 13.8. The van der Waals surface area contributed by atoms with Crippen molar-refractivity contribution in [2.45, 2.75) is 218 Å². The predicted octanol–water partition coefficient (Wildman–Crippen LogP) is 9.54. The van der Waals surface area contributed by atoms with Crippen molar-refractivity contribution in [1.29, 1.82) is 0 Å². The molecule has 5 heteroatoms. The number of rotatable bonds is 33. The second kappa shape index (κ2) is 32.3. The fraction of sp³-hybridized carbons (Fsp3) is 0.972. The molecule has 0 spiro atoms. The number of carbonyl (C=O) groups excluding carboxylic acids is 1. The molecule has 1 amide bonds. The van der Waals surface area contributed by atoms with Gasteiger partial charge in [-0.3, -0.25) is 4.79 Å². The van der Waals surface area contributed by atoms with Crippen molar-refractivity contribution in [3.63, 3.8) is 0 Å². The zero-order valence-electron chi connectivity index (χ0n) is 27.7. The average Bonchev–Trinajstić information content (AvgIpc) is 2.96. The number of aliphatic hydroxyl groups is 3. The first-order valence-electron chi connectivity index (χ1n) is 18.3. The van der Waals surface area contributed by atoms with Crippen molar-refractivity contribution in [3.8, 4) is 0 Å². The molecule has 0 aromatic carbocycles. The first-order valence-corrected chi connectivity index (χ1v) is 18.3. The molecule has 0 aliphatic rings. The number of unbranched alkanes of at least 4 members (excludes halogenated alkanes) is 24. The maximum Gasteiger partial charge on any atom is 0.222 e. The monoisotopic (exact) mass is 584 g/mol. The lowest BCUT2D eigenvalue weighted by molar-refractivity contribution is -0.125. The van der Waals surface area contributed by atoms with Gasteiger partial charge in [0, 0.05) is 0 Å². The topological polar surface area (TPSA) is 89.8 Å². The molecule has 0 saturated carbocycles. The molecule has 0 fully saturated rings. The molecule has 0 heterocycles. The lowest BCUT2D eigenvalue weighted by Gasteiger charge is -2.23. The van der Waals surface area contributed by atoms with E-state index in [2.05, 4.69) is 19.2 Å². The minimum absolute atomic E-state index is 0.0419. The van der Waals surface area contributed by atoms with Gasteiger partial charge in [-0.2, -0.15) is 0 Å². The Balaban J connectivity index is 3.66. The van der Waals surface area contributed by atoms with Crippen LogP contribution in [0.1, 0.15) is 200 Å². The Bertz CT molecular complexity index is 530. The largest absolute Gasteiger partial charge is 0.394 e. The minimum Gasteiger partial charge on any atom is -0.394 e. The third-order valence-electron chi connectivity index (χ3n) is 8.67. The Kier molecular flexibility index (Phi) is 31.8. The molecular formula is C36H73NO4. The average molecular weight is 584 g/mol. The van der Waals surface area contributed by atoms with E-state index in [1.807, 2.05) is 0 Å². The Hall–Kier alpha value is -0.650. The van der Waals surface area contributed by atoms with Crippen LogP contribution in [-0.2, 0) is 4.79 Å². The lowest BCUT2D eigenvalue weighted by atomic mass is 10.0. The van der Waals surface area contributed by atoms with E-state index in [-0.39, 0.29) is 18.9 Å². The van der Waals surface area contributed by atoms with E-state index in [9.17, 15) is 20.1 Å². The molecule has 4 N–H and O–H groups in total. The van der Waals surface area contributed by atoms with Gasteiger partial charge in [-0.1, -0.05) is 181 Å². The molecule has 0 radical (unpaired) electrons. The first kappa shape index (κ1) is 40.4. The Morgan fingerprint density at radius 3 is 1.17 bits per heavy atom. The van der Waals surface area contributed by atoms with Crippen molar-refractivity contribution in [3.05, 3.63) is 0 Å². The summed E-state index contributed by atoms with van der Waals surface area (Å²) in [5.74, 6) is -0.282. The smallest absolute Gasteiger partial charge is 0.222 e. The van der Waals surface area contributed by atoms with Crippen LogP contribution in [0.5, 0.6) is 0 Å². The Labute approximate surface area is 256 Å². The van der Waals surface area contributed by atoms with Crippen LogP contribution in [0, 0.1) is 0 Å². The molecular weight excluding hydrogens is 510 g/mol. The molecule has 0 bridgehead atoms. The number of nitrogens with one attached hydrogen (secondary N) is 1. The summed E-state index contributed by atoms with van der Waals surface area (Å²) in [5, 5.41) is 33.2. The molecule has 5 nitrogen and oxygen atoms in total. The summed E-state index contributed by atoms with van der Waals surface area (Å²) >= 11 is 0. The fourth-order valence-corrected chi connectivity index (χ4v) is 5.82. The molecule has 0 aliphatic heterocycles. The van der Waals surface area contributed by atoms with Gasteiger partial charge >= 0.3 is 0 Å². The zero-order chi connectivity index (χ0) is 30.2. The summed E-state index contributed by atoms with van der Waals surface area (Å²) in [6.07, 6.45) is 33.3. The van der Waals surface area contributed by atoms with E-state index in [0.717, 1.165) is 25.7 Å². The Morgan fingerprint density at radius 1 is 0.512 bits per heavy atom. The molecule has 0 saturated heterocycles. The van der Waals surface area contributed by atoms with Crippen molar-refractivity contribution in [1.82, 2.24) is 5.32 Å². The summed E-state index contributed by atoms with van der Waals surface area (Å²) in [6, 6.07) is -0.650. The molecule has 246 valence electrons. The van der Waals surface area contributed by atoms with Gasteiger partial charge < -0.3 is 20.6 Å². The highest BCUT2D eigenvalue weighted by molar-refractivity contribution is 5.76. The first-order chi connectivity index (χ1) is 20.0. The number of carbonyl (C=O) groups is 1. The van der Waals surface area contributed by atoms with Crippen molar-refractivity contribution < 1.29 is 20.1 Å². The van der Waals surface area contributed by atoms with Crippen LogP contribution in [0.15, 0.2) is 0 Å². The minimum atomic E-state index is -0.741. The van der Waals surface area contributed by atoms with E-state index in [0.29, 0.717) is 12.8 Å². The van der Waals surface area contributed by atoms with Gasteiger partial charge in [0.25, 0.3) is 0 Å². The number of aliphatic hydroxyl groups excluding tert-OH is 3. The van der Waals surface area contributed by atoms with Gasteiger partial charge in [0.15, 0.2) is 0 Å². The van der Waals surface area contributed by atoms with E-state index >= 15 is 0 Å². The molecule has 0 aliphatic carbocycles. The van der Waals surface area contributed by atoms with Crippen molar-refractivity contribution >= 4 is 5.91 Å². The number of hydrogen-bond donors (Lipinski definition) is 4. The van der Waals surface area contributed by atoms with Crippen molar-refractivity contribution in [2.75, 3.05) is 6.61 Å². The summed E-state index contributed by atoms with van der Waals surface area (Å²) in [7, 11) is 0. The molecule has 3 atom stereocenters. The van der Waals surface area contributed by atoms with Gasteiger partial charge in [0.05, 0.1) is 31.3 Å². The van der Waals surface area contributed by atoms with Gasteiger partial charge in [0.1, 0.15) is 0 Å². The molecule has 0 aromatic heterocycles. The second-order valence-corrected chi connectivity index (χ2v) is 12.8. The molecule has 0 unspecified atom stereocenters. The highest BCUT2D eigenvalue weighted by Crippen LogP contribution is 2.16. The van der Waals surface area contributed by atoms with Gasteiger partial charge in [0.2, 0.25) is 5.91 Å². The highest BCUT2D eigenvalue weighted by Gasteiger charge is 2.21. The SMILES string of the molecule is CCCCCCCCCCCCCCC[C@H](O)CC(=O)N[C@@H](CO)[C@H](O)CCCCCCCCCCCCCCC. The predicted molar refractivity (Wildman–Crippen MR) is 176 cm³/mol. The van der Waals surface area contributed by atoms with Gasteiger partial charge in [-0.25, -0.2) is 0 Å². The maximum absolute atomic E-state index is 12.4. The standard InChI is InChI=1S/C36H73NO4/c1-3-5-7-9-11-13-15-17-19-21-23-25-27-29-33(39)31-36(41)37-34(32-38)35(40)30-28-26-24-22-20-18-16-14-12-10-8-6-4-2/h33-35,38-40H,3-32H2,1-2H3,(H,37,41)/t33-,34-,35+/m0/s1. The van der Waals surface area contributed by atoms with Crippen LogP contribution < -0.4 is 5.32 Å². The third kappa shape index (κ3) is 29.2. The fourth-order valence-electron chi connectivity index (χ4n) is 5.82. The second-order valence-electron chi connectivity index (χ2n) is 12.8. The van der Waals surface area contributed by atoms with Crippen LogP contribution in [0.3, 0.4) is 0 Å². The van der Waals surface area contributed by atoms with Crippen LogP contribution in [0.4, 0.5) is 0 Å². The van der Waals surface area contributed by atoms with E-state index < -0.39 is 18.2 Å². The van der Waals surface area contributed by atoms with Crippen molar-refractivity contribution in [2.24, 2.45) is 0 Å².